The summed E-state index contributed by atoms with van der Waals surface area (Å²) in [5.74, 6) is 0.426. The highest BCUT2D eigenvalue weighted by atomic mass is 32.1. The van der Waals surface area contributed by atoms with Crippen LogP contribution >= 0.6 is 22.7 Å². The standard InChI is InChI=1S/C15H19N3O2S2/c1-10(2)13-8-16-14(22-13)17-15(19)18-5-6-20-11(9-18)12-4-3-7-21-12/h3-4,7-8,10-11H,5-6,9H2,1-2H3,(H,16,17,19)/t11-/m0/s1. The Morgan fingerprint density at radius 2 is 2.41 bits per heavy atom. The molecule has 3 rings (SSSR count). The zero-order valence-electron chi connectivity index (χ0n) is 12.6. The number of hydrogen-bond acceptors (Lipinski definition) is 5. The topological polar surface area (TPSA) is 54.5 Å². The molecule has 0 bridgehead atoms. The number of urea groups is 1. The molecule has 1 saturated heterocycles. The zero-order valence-corrected chi connectivity index (χ0v) is 14.2. The monoisotopic (exact) mass is 337 g/mol. The average Bonchev–Trinajstić information content (AvgIpc) is 3.19. The number of aromatic nitrogens is 1. The molecule has 0 saturated carbocycles. The molecule has 1 N–H and O–H groups in total. The molecular weight excluding hydrogens is 318 g/mol. The van der Waals surface area contributed by atoms with Crippen molar-refractivity contribution in [3.05, 3.63) is 33.5 Å². The van der Waals surface area contributed by atoms with Crippen LogP contribution in [0.25, 0.3) is 0 Å². The molecule has 1 aliphatic rings. The maximum absolute atomic E-state index is 12.4. The van der Waals surface area contributed by atoms with E-state index in [1.807, 2.05) is 23.7 Å². The van der Waals surface area contributed by atoms with Gasteiger partial charge < -0.3 is 9.64 Å². The van der Waals surface area contributed by atoms with Crippen molar-refractivity contribution in [1.82, 2.24) is 9.88 Å². The maximum atomic E-state index is 12.4. The molecule has 0 spiro atoms. The first-order valence-corrected chi connectivity index (χ1v) is 8.99. The molecule has 118 valence electrons. The first-order valence-electron chi connectivity index (χ1n) is 7.30. The number of morpholine rings is 1. The molecule has 3 heterocycles. The fourth-order valence-electron chi connectivity index (χ4n) is 2.26. The number of rotatable bonds is 3. The molecule has 5 nitrogen and oxygen atoms in total. The van der Waals surface area contributed by atoms with Crippen LogP contribution in [0.4, 0.5) is 9.93 Å². The molecule has 7 heteroatoms. The quantitative estimate of drug-likeness (QED) is 0.923. The Bertz CT molecular complexity index is 625. The van der Waals surface area contributed by atoms with E-state index in [1.165, 1.54) is 16.2 Å². The van der Waals surface area contributed by atoms with Crippen LogP contribution in [0.5, 0.6) is 0 Å². The number of ether oxygens (including phenoxy) is 1. The fourth-order valence-corrected chi connectivity index (χ4v) is 3.84. The Labute approximate surface area is 137 Å². The molecule has 0 aliphatic carbocycles. The number of amides is 2. The van der Waals surface area contributed by atoms with Crippen LogP contribution < -0.4 is 5.32 Å². The summed E-state index contributed by atoms with van der Waals surface area (Å²) in [6.07, 6.45) is 1.81. The van der Waals surface area contributed by atoms with E-state index in [4.69, 9.17) is 4.74 Å². The Hall–Kier alpha value is -1.44. The number of nitrogens with zero attached hydrogens (tertiary/aromatic N) is 2. The summed E-state index contributed by atoms with van der Waals surface area (Å²) in [6, 6.07) is 3.95. The van der Waals surface area contributed by atoms with Gasteiger partial charge in [-0.2, -0.15) is 0 Å². The lowest BCUT2D eigenvalue weighted by Crippen LogP contribution is -2.44. The van der Waals surface area contributed by atoms with Crippen molar-refractivity contribution in [3.63, 3.8) is 0 Å². The van der Waals surface area contributed by atoms with Crippen molar-refractivity contribution in [2.24, 2.45) is 0 Å². The first-order chi connectivity index (χ1) is 10.6. The fraction of sp³-hybridized carbons (Fsp3) is 0.467. The summed E-state index contributed by atoms with van der Waals surface area (Å²) in [4.78, 5) is 20.8. The molecule has 1 aliphatic heterocycles. The number of thiophene rings is 1. The highest BCUT2D eigenvalue weighted by Crippen LogP contribution is 2.28. The predicted molar refractivity (Wildman–Crippen MR) is 89.8 cm³/mol. The van der Waals surface area contributed by atoms with E-state index < -0.39 is 0 Å². The summed E-state index contributed by atoms with van der Waals surface area (Å²) in [5, 5.41) is 5.58. The van der Waals surface area contributed by atoms with Crippen LogP contribution in [0.15, 0.2) is 23.7 Å². The van der Waals surface area contributed by atoms with Crippen molar-refractivity contribution >= 4 is 33.8 Å². The van der Waals surface area contributed by atoms with E-state index in [0.29, 0.717) is 30.7 Å². The van der Waals surface area contributed by atoms with Crippen LogP contribution in [-0.4, -0.2) is 35.6 Å². The normalized spacial score (nSPS) is 18.7. The number of nitrogens with one attached hydrogen (secondary N) is 1. The molecule has 1 fully saturated rings. The van der Waals surface area contributed by atoms with E-state index in [0.717, 1.165) is 4.88 Å². The smallest absolute Gasteiger partial charge is 0.323 e. The number of carbonyl (C=O) groups is 1. The predicted octanol–water partition coefficient (Wildman–Crippen LogP) is 3.93. The second kappa shape index (κ2) is 6.76. The van der Waals surface area contributed by atoms with Gasteiger partial charge in [-0.15, -0.1) is 22.7 Å². The lowest BCUT2D eigenvalue weighted by atomic mass is 10.2. The number of thiazole rings is 1. The molecule has 22 heavy (non-hydrogen) atoms. The van der Waals surface area contributed by atoms with Crippen LogP contribution in [0.1, 0.15) is 35.6 Å². The Morgan fingerprint density at radius 3 is 3.09 bits per heavy atom. The second-order valence-corrected chi connectivity index (χ2v) is 7.52. The highest BCUT2D eigenvalue weighted by molar-refractivity contribution is 7.15. The van der Waals surface area contributed by atoms with E-state index in [2.05, 4.69) is 24.1 Å². The van der Waals surface area contributed by atoms with Gasteiger partial charge in [0, 0.05) is 22.5 Å². The van der Waals surface area contributed by atoms with E-state index in [1.54, 1.807) is 16.2 Å². The van der Waals surface area contributed by atoms with Gasteiger partial charge in [-0.3, -0.25) is 5.32 Å². The van der Waals surface area contributed by atoms with Crippen molar-refractivity contribution in [2.75, 3.05) is 25.0 Å². The molecule has 1 atom stereocenters. The van der Waals surface area contributed by atoms with Gasteiger partial charge in [0.1, 0.15) is 6.10 Å². The highest BCUT2D eigenvalue weighted by Gasteiger charge is 2.26. The summed E-state index contributed by atoms with van der Waals surface area (Å²) < 4.78 is 5.76. The molecule has 0 radical (unpaired) electrons. The van der Waals surface area contributed by atoms with E-state index in [-0.39, 0.29) is 12.1 Å². The number of anilines is 1. The van der Waals surface area contributed by atoms with Gasteiger partial charge in [-0.25, -0.2) is 9.78 Å². The van der Waals surface area contributed by atoms with Gasteiger partial charge in [0.25, 0.3) is 0 Å². The molecule has 0 unspecified atom stereocenters. The zero-order chi connectivity index (χ0) is 15.5. The largest absolute Gasteiger partial charge is 0.369 e. The molecule has 2 aromatic rings. The third-order valence-electron chi connectivity index (χ3n) is 3.52. The third kappa shape index (κ3) is 3.48. The van der Waals surface area contributed by atoms with E-state index in [9.17, 15) is 4.79 Å². The minimum atomic E-state index is -0.102. The SMILES string of the molecule is CC(C)c1cnc(NC(=O)N2CCO[C@H](c3cccs3)C2)s1. The Morgan fingerprint density at radius 1 is 1.55 bits per heavy atom. The maximum Gasteiger partial charge on any atom is 0.323 e. The summed E-state index contributed by atoms with van der Waals surface area (Å²) >= 11 is 3.19. The molecule has 2 amide bonds. The van der Waals surface area contributed by atoms with Crippen molar-refractivity contribution < 1.29 is 9.53 Å². The minimum Gasteiger partial charge on any atom is -0.369 e. The van der Waals surface area contributed by atoms with Crippen LogP contribution in [0.3, 0.4) is 0 Å². The second-order valence-electron chi connectivity index (χ2n) is 5.47. The molecular formula is C15H19N3O2S2. The van der Waals surface area contributed by atoms with Gasteiger partial charge in [-0.05, 0) is 17.4 Å². The summed E-state index contributed by atoms with van der Waals surface area (Å²) in [6.45, 7) is 5.98. The van der Waals surface area contributed by atoms with Crippen molar-refractivity contribution in [1.29, 1.82) is 0 Å². The Balaban J connectivity index is 1.61. The summed E-state index contributed by atoms with van der Waals surface area (Å²) in [5.41, 5.74) is 0. The third-order valence-corrected chi connectivity index (χ3v) is 5.70. The van der Waals surface area contributed by atoms with Crippen LogP contribution in [0, 0.1) is 0 Å². The Kier molecular flexibility index (Phi) is 4.75. The first kappa shape index (κ1) is 15.5. The molecule has 0 aromatic carbocycles. The number of carbonyl (C=O) groups excluding carboxylic acids is 1. The molecule has 2 aromatic heterocycles. The lowest BCUT2D eigenvalue weighted by molar-refractivity contribution is -0.0115. The van der Waals surface area contributed by atoms with Crippen LogP contribution in [0.2, 0.25) is 0 Å². The minimum absolute atomic E-state index is 0.0259. The van der Waals surface area contributed by atoms with E-state index >= 15 is 0 Å². The van der Waals surface area contributed by atoms with Crippen LogP contribution in [-0.2, 0) is 4.74 Å². The van der Waals surface area contributed by atoms with Gasteiger partial charge in [0.05, 0.1) is 13.2 Å². The van der Waals surface area contributed by atoms with Gasteiger partial charge in [0.15, 0.2) is 5.13 Å². The number of hydrogen-bond donors (Lipinski definition) is 1. The van der Waals surface area contributed by atoms with Crippen molar-refractivity contribution in [2.45, 2.75) is 25.9 Å². The van der Waals surface area contributed by atoms with Gasteiger partial charge in [-0.1, -0.05) is 19.9 Å². The lowest BCUT2D eigenvalue weighted by Gasteiger charge is -2.32. The van der Waals surface area contributed by atoms with Gasteiger partial charge in [0.2, 0.25) is 0 Å². The van der Waals surface area contributed by atoms with Gasteiger partial charge >= 0.3 is 6.03 Å². The average molecular weight is 337 g/mol. The van der Waals surface area contributed by atoms with Crippen molar-refractivity contribution in [3.8, 4) is 0 Å². The summed E-state index contributed by atoms with van der Waals surface area (Å²) in [7, 11) is 0.